The van der Waals surface area contributed by atoms with E-state index in [0.717, 1.165) is 26.1 Å². The Kier molecular flexibility index (Phi) is 5.29. The van der Waals surface area contributed by atoms with E-state index in [2.05, 4.69) is 48.6 Å². The van der Waals surface area contributed by atoms with Crippen molar-refractivity contribution in [2.75, 3.05) is 13.6 Å². The van der Waals surface area contributed by atoms with Crippen molar-refractivity contribution in [1.29, 1.82) is 0 Å². The number of halogens is 1. The number of aromatic nitrogens is 1. The minimum Gasteiger partial charge on any atom is -0.343 e. The van der Waals surface area contributed by atoms with Gasteiger partial charge in [-0.25, -0.2) is 4.39 Å². The molecule has 3 heteroatoms. The van der Waals surface area contributed by atoms with Crippen LogP contribution in [0.25, 0.3) is 10.9 Å². The van der Waals surface area contributed by atoms with Crippen LogP contribution in [0.5, 0.6) is 0 Å². The fourth-order valence-electron chi connectivity index (χ4n) is 5.58. The van der Waals surface area contributed by atoms with Crippen molar-refractivity contribution < 1.29 is 4.39 Å². The molecular formula is C26H33FN2. The average Bonchev–Trinajstić information content (AvgIpc) is 2.91. The van der Waals surface area contributed by atoms with Gasteiger partial charge in [-0.1, -0.05) is 44.5 Å². The molecule has 0 saturated heterocycles. The van der Waals surface area contributed by atoms with Crippen LogP contribution >= 0.6 is 0 Å². The summed E-state index contributed by atoms with van der Waals surface area (Å²) in [6.07, 6.45) is 2.31. The van der Waals surface area contributed by atoms with Crippen molar-refractivity contribution in [2.24, 2.45) is 0 Å². The highest BCUT2D eigenvalue weighted by molar-refractivity contribution is 5.87. The molecule has 154 valence electrons. The highest BCUT2D eigenvalue weighted by atomic mass is 19.1. The fraction of sp³-hybridized carbons (Fsp3) is 0.462. The van der Waals surface area contributed by atoms with Gasteiger partial charge in [0, 0.05) is 47.6 Å². The molecule has 29 heavy (non-hydrogen) atoms. The Hall–Kier alpha value is -2.13. The summed E-state index contributed by atoms with van der Waals surface area (Å²) < 4.78 is 16.0. The maximum absolute atomic E-state index is 13.4. The summed E-state index contributed by atoms with van der Waals surface area (Å²) in [6, 6.07) is 14.1. The third kappa shape index (κ3) is 3.40. The molecule has 0 bridgehead atoms. The highest BCUT2D eigenvalue weighted by Crippen LogP contribution is 2.46. The average molecular weight is 393 g/mol. The van der Waals surface area contributed by atoms with Crippen LogP contribution in [0.3, 0.4) is 0 Å². The molecule has 0 amide bonds. The van der Waals surface area contributed by atoms with Crippen LogP contribution in [0.2, 0.25) is 0 Å². The number of aryl methyl sites for hydroxylation is 1. The monoisotopic (exact) mass is 392 g/mol. The first kappa shape index (κ1) is 20.2. The quantitative estimate of drug-likeness (QED) is 0.465. The van der Waals surface area contributed by atoms with E-state index in [9.17, 15) is 4.39 Å². The van der Waals surface area contributed by atoms with Gasteiger partial charge in [0.1, 0.15) is 5.82 Å². The van der Waals surface area contributed by atoms with Crippen molar-refractivity contribution in [3.8, 4) is 0 Å². The molecule has 5 rings (SSSR count). The number of likely N-dealkylation sites (N-methyl/N-ethyl adjacent to an activating group) is 1. The number of hydrogen-bond acceptors (Lipinski definition) is 1. The fourth-order valence-corrected chi connectivity index (χ4v) is 5.58. The lowest BCUT2D eigenvalue weighted by molar-refractivity contribution is 0.209. The predicted molar refractivity (Wildman–Crippen MR) is 120 cm³/mol. The molecule has 3 heterocycles. The lowest BCUT2D eigenvalue weighted by Crippen LogP contribution is -2.42. The summed E-state index contributed by atoms with van der Waals surface area (Å²) in [4.78, 5) is 2.48. The number of rotatable bonds is 1. The first-order valence-corrected chi connectivity index (χ1v) is 11.0. The van der Waals surface area contributed by atoms with Crippen LogP contribution < -0.4 is 0 Å². The maximum atomic E-state index is 13.4. The van der Waals surface area contributed by atoms with E-state index in [1.807, 2.05) is 26.0 Å². The van der Waals surface area contributed by atoms with Gasteiger partial charge in [-0.3, -0.25) is 0 Å². The van der Waals surface area contributed by atoms with Gasteiger partial charge in [0.2, 0.25) is 0 Å². The highest BCUT2D eigenvalue weighted by Gasteiger charge is 2.41. The van der Waals surface area contributed by atoms with Crippen molar-refractivity contribution in [2.45, 2.75) is 65.0 Å². The summed E-state index contributed by atoms with van der Waals surface area (Å²) in [5, 5.41) is 1.42. The number of benzene rings is 2. The smallest absolute Gasteiger partial charge is 0.123 e. The molecule has 0 spiro atoms. The minimum atomic E-state index is -0.151. The first-order chi connectivity index (χ1) is 13.9. The molecule has 3 aromatic rings. The Morgan fingerprint density at radius 2 is 1.79 bits per heavy atom. The van der Waals surface area contributed by atoms with Gasteiger partial charge in [0.05, 0.1) is 0 Å². The summed E-state index contributed by atoms with van der Waals surface area (Å²) in [7, 11) is 2.25. The Balaban J connectivity index is 0.000000994. The molecule has 2 unspecified atom stereocenters. The van der Waals surface area contributed by atoms with Gasteiger partial charge in [0.15, 0.2) is 0 Å². The van der Waals surface area contributed by atoms with Gasteiger partial charge < -0.3 is 9.47 Å². The lowest BCUT2D eigenvalue weighted by Gasteiger charge is -2.39. The van der Waals surface area contributed by atoms with Crippen LogP contribution in [0.15, 0.2) is 42.5 Å². The molecule has 2 nitrogen and oxygen atoms in total. The van der Waals surface area contributed by atoms with Gasteiger partial charge >= 0.3 is 0 Å². The second-order valence-electron chi connectivity index (χ2n) is 8.98. The van der Waals surface area contributed by atoms with Crippen molar-refractivity contribution >= 4 is 10.9 Å². The van der Waals surface area contributed by atoms with Gasteiger partial charge in [0.25, 0.3) is 0 Å². The lowest BCUT2D eigenvalue weighted by atomic mass is 9.76. The van der Waals surface area contributed by atoms with Gasteiger partial charge in [-0.15, -0.1) is 0 Å². The van der Waals surface area contributed by atoms with E-state index in [4.69, 9.17) is 0 Å². The Morgan fingerprint density at radius 1 is 1.07 bits per heavy atom. The van der Waals surface area contributed by atoms with Gasteiger partial charge in [-0.05, 0) is 62.2 Å². The maximum Gasteiger partial charge on any atom is 0.123 e. The largest absolute Gasteiger partial charge is 0.343 e. The molecule has 2 atom stereocenters. The Bertz CT molecular complexity index is 1020. The van der Waals surface area contributed by atoms with E-state index in [1.54, 1.807) is 17.8 Å². The summed E-state index contributed by atoms with van der Waals surface area (Å²) in [5.41, 5.74) is 7.18. The van der Waals surface area contributed by atoms with Crippen LogP contribution in [0.1, 0.15) is 61.9 Å². The topological polar surface area (TPSA) is 8.17 Å². The van der Waals surface area contributed by atoms with Crippen LogP contribution in [0.4, 0.5) is 4.39 Å². The first-order valence-electron chi connectivity index (χ1n) is 11.0. The molecular weight excluding hydrogens is 359 g/mol. The second-order valence-corrected chi connectivity index (χ2v) is 8.98. The molecule has 1 aromatic heterocycles. The van der Waals surface area contributed by atoms with E-state index >= 15 is 0 Å². The molecule has 0 fully saturated rings. The number of fused-ring (bicyclic) bond motifs is 3. The van der Waals surface area contributed by atoms with Crippen LogP contribution in [-0.2, 0) is 18.5 Å². The molecule has 2 aliphatic rings. The van der Waals surface area contributed by atoms with Crippen LogP contribution in [-0.4, -0.2) is 23.1 Å². The molecule has 0 saturated carbocycles. The third-order valence-electron chi connectivity index (χ3n) is 6.73. The third-order valence-corrected chi connectivity index (χ3v) is 6.73. The number of hydrogen-bond donors (Lipinski definition) is 0. The SMILES string of the molecule is CC.Cc1ccc2c(c1)c1c3n2CC(c2ccc(F)cc2)CCC3(C)CN(C)C1. The standard InChI is InChI=1S/C24H27FN2.C2H6/c1-16-4-9-22-20(12-16)21-14-26(3)15-24(2)11-10-18(13-27(22)23(21)24)17-5-7-19(25)8-6-17;1-2/h4-9,12,18H,10-11,13-15H2,1-3H3;1-2H3. The molecule has 0 aliphatic carbocycles. The Labute approximate surface area is 174 Å². The molecule has 2 aliphatic heterocycles. The minimum absolute atomic E-state index is 0.151. The van der Waals surface area contributed by atoms with E-state index in [-0.39, 0.29) is 11.2 Å². The normalized spacial score (nSPS) is 23.9. The zero-order valence-corrected chi connectivity index (χ0v) is 18.4. The zero-order valence-electron chi connectivity index (χ0n) is 18.4. The van der Waals surface area contributed by atoms with Crippen molar-refractivity contribution in [1.82, 2.24) is 9.47 Å². The van der Waals surface area contributed by atoms with Crippen molar-refractivity contribution in [3.05, 3.63) is 70.7 Å². The Morgan fingerprint density at radius 3 is 2.52 bits per heavy atom. The zero-order chi connectivity index (χ0) is 20.8. The predicted octanol–water partition coefficient (Wildman–Crippen LogP) is 6.40. The summed E-state index contributed by atoms with van der Waals surface area (Å²) in [6.45, 7) is 11.7. The molecule has 0 N–H and O–H groups in total. The van der Waals surface area contributed by atoms with E-state index < -0.39 is 0 Å². The van der Waals surface area contributed by atoms with Crippen LogP contribution in [0, 0.1) is 12.7 Å². The van der Waals surface area contributed by atoms with Gasteiger partial charge in [-0.2, -0.15) is 0 Å². The molecule has 0 radical (unpaired) electrons. The second kappa shape index (κ2) is 7.60. The molecule has 2 aromatic carbocycles. The summed E-state index contributed by atoms with van der Waals surface area (Å²) in [5.74, 6) is 0.279. The van der Waals surface area contributed by atoms with E-state index in [0.29, 0.717) is 5.92 Å². The van der Waals surface area contributed by atoms with Crippen molar-refractivity contribution in [3.63, 3.8) is 0 Å². The van der Waals surface area contributed by atoms with E-state index in [1.165, 1.54) is 34.0 Å². The number of nitrogens with zero attached hydrogens (tertiary/aromatic N) is 2. The summed E-state index contributed by atoms with van der Waals surface area (Å²) >= 11 is 0.